The Labute approximate surface area is 198 Å². The molecule has 3 atom stereocenters. The number of pyridine rings is 1. The second-order valence-corrected chi connectivity index (χ2v) is 9.10. The van der Waals surface area contributed by atoms with Crippen LogP contribution in [0.3, 0.4) is 0 Å². The molecular formula is C22H21Cl2F3N4O2. The molecule has 1 aromatic heterocycles. The molecule has 176 valence electrons. The maximum absolute atomic E-state index is 13.9. The van der Waals surface area contributed by atoms with Crippen molar-refractivity contribution in [1.29, 1.82) is 0 Å². The number of benzene rings is 1. The second kappa shape index (κ2) is 9.02. The third-order valence-corrected chi connectivity index (χ3v) is 6.86. The van der Waals surface area contributed by atoms with E-state index in [9.17, 15) is 22.8 Å². The number of nitrogens with one attached hydrogen (secondary N) is 2. The van der Waals surface area contributed by atoms with Crippen LogP contribution in [-0.2, 0) is 22.4 Å². The van der Waals surface area contributed by atoms with Crippen LogP contribution in [0.15, 0.2) is 30.5 Å². The monoisotopic (exact) mass is 500 g/mol. The summed E-state index contributed by atoms with van der Waals surface area (Å²) in [5, 5.41) is 6.74. The van der Waals surface area contributed by atoms with E-state index < -0.39 is 24.0 Å². The van der Waals surface area contributed by atoms with Crippen molar-refractivity contribution in [3.63, 3.8) is 0 Å². The number of carbonyl (C=O) groups excluding carboxylic acids is 2. The minimum Gasteiger partial charge on any atom is -0.380 e. The van der Waals surface area contributed by atoms with Gasteiger partial charge >= 0.3 is 6.18 Å². The largest absolute Gasteiger partial charge is 0.414 e. The lowest BCUT2D eigenvalue weighted by molar-refractivity contribution is -0.191. The van der Waals surface area contributed by atoms with Crippen LogP contribution >= 0.6 is 23.2 Å². The Morgan fingerprint density at radius 1 is 1.21 bits per heavy atom. The summed E-state index contributed by atoms with van der Waals surface area (Å²) in [5.74, 6) is -1.92. The molecule has 1 saturated heterocycles. The molecule has 2 heterocycles. The van der Waals surface area contributed by atoms with Crippen molar-refractivity contribution < 1.29 is 22.8 Å². The zero-order valence-corrected chi connectivity index (χ0v) is 19.1. The van der Waals surface area contributed by atoms with Crippen molar-refractivity contribution in [2.24, 2.45) is 5.92 Å². The fraction of sp³-hybridized carbons (Fsp3) is 0.409. The maximum Gasteiger partial charge on any atom is 0.414 e. The number of amides is 2. The number of aromatic nitrogens is 1. The van der Waals surface area contributed by atoms with Gasteiger partial charge in [0.2, 0.25) is 11.8 Å². The molecule has 1 aliphatic heterocycles. The average Bonchev–Trinajstić information content (AvgIpc) is 3.37. The molecule has 2 N–H and O–H groups in total. The molecule has 1 aromatic carbocycles. The Bertz CT molecular complexity index is 1080. The predicted octanol–water partition coefficient (Wildman–Crippen LogP) is 4.17. The van der Waals surface area contributed by atoms with Crippen molar-refractivity contribution in [1.82, 2.24) is 15.2 Å². The van der Waals surface area contributed by atoms with Gasteiger partial charge in [-0.05, 0) is 42.2 Å². The number of carbonyl (C=O) groups is 2. The van der Waals surface area contributed by atoms with Crippen molar-refractivity contribution in [2.75, 3.05) is 18.9 Å². The van der Waals surface area contributed by atoms with E-state index in [1.165, 1.54) is 18.3 Å². The number of alkyl halides is 3. The predicted molar refractivity (Wildman–Crippen MR) is 118 cm³/mol. The van der Waals surface area contributed by atoms with Crippen LogP contribution in [-0.4, -0.2) is 47.5 Å². The van der Waals surface area contributed by atoms with Gasteiger partial charge in [-0.1, -0.05) is 29.3 Å². The highest BCUT2D eigenvalue weighted by Gasteiger charge is 2.47. The van der Waals surface area contributed by atoms with Gasteiger partial charge in [0.1, 0.15) is 0 Å². The first kappa shape index (κ1) is 23.6. The molecular weight excluding hydrogens is 480 g/mol. The number of hydrogen-bond acceptors (Lipinski definition) is 4. The van der Waals surface area contributed by atoms with Gasteiger partial charge in [-0.3, -0.25) is 14.6 Å². The van der Waals surface area contributed by atoms with Gasteiger partial charge in [0, 0.05) is 26.1 Å². The fourth-order valence-electron chi connectivity index (χ4n) is 4.40. The van der Waals surface area contributed by atoms with Gasteiger partial charge in [-0.15, -0.1) is 0 Å². The highest BCUT2D eigenvalue weighted by molar-refractivity contribution is 6.42. The minimum atomic E-state index is -4.73. The van der Waals surface area contributed by atoms with E-state index in [4.69, 9.17) is 23.2 Å². The first-order valence-electron chi connectivity index (χ1n) is 10.3. The number of nitrogens with zero attached hydrogens (tertiary/aromatic N) is 2. The Hall–Kier alpha value is -2.52. The van der Waals surface area contributed by atoms with Crippen LogP contribution < -0.4 is 10.6 Å². The lowest BCUT2D eigenvalue weighted by Crippen LogP contribution is -2.43. The minimum absolute atomic E-state index is 0.00122. The lowest BCUT2D eigenvalue weighted by atomic mass is 10.0. The molecule has 2 aliphatic rings. The first-order chi connectivity index (χ1) is 15.5. The summed E-state index contributed by atoms with van der Waals surface area (Å²) in [6.45, 7) is 0.0296. The molecule has 0 saturated carbocycles. The number of halogens is 5. The third kappa shape index (κ3) is 4.89. The molecule has 6 nitrogen and oxygen atoms in total. The van der Waals surface area contributed by atoms with E-state index >= 15 is 0 Å². The molecule has 4 rings (SSSR count). The fourth-order valence-corrected chi connectivity index (χ4v) is 4.84. The lowest BCUT2D eigenvalue weighted by Gasteiger charge is -2.31. The molecule has 0 bridgehead atoms. The molecule has 33 heavy (non-hydrogen) atoms. The molecule has 2 unspecified atom stereocenters. The topological polar surface area (TPSA) is 74.3 Å². The maximum atomic E-state index is 13.9. The van der Waals surface area contributed by atoms with Crippen molar-refractivity contribution >= 4 is 40.7 Å². The van der Waals surface area contributed by atoms with Crippen molar-refractivity contribution in [3.05, 3.63) is 57.3 Å². The summed E-state index contributed by atoms with van der Waals surface area (Å²) in [5.41, 5.74) is 2.29. The van der Waals surface area contributed by atoms with Gasteiger partial charge in [-0.25, -0.2) is 0 Å². The molecule has 1 aliphatic carbocycles. The Morgan fingerprint density at radius 2 is 1.97 bits per heavy atom. The van der Waals surface area contributed by atoms with Crippen LogP contribution in [0.1, 0.15) is 29.3 Å². The van der Waals surface area contributed by atoms with Gasteiger partial charge in [0.25, 0.3) is 0 Å². The molecule has 0 radical (unpaired) electrons. The molecule has 0 spiro atoms. The van der Waals surface area contributed by atoms with E-state index in [2.05, 4.69) is 15.6 Å². The highest BCUT2D eigenvalue weighted by atomic mass is 35.5. The normalized spacial score (nSPS) is 20.8. The quantitative estimate of drug-likeness (QED) is 0.646. The van der Waals surface area contributed by atoms with Crippen LogP contribution in [0.5, 0.6) is 0 Å². The van der Waals surface area contributed by atoms with E-state index in [1.54, 1.807) is 6.07 Å². The van der Waals surface area contributed by atoms with E-state index in [1.807, 2.05) is 6.07 Å². The van der Waals surface area contributed by atoms with Gasteiger partial charge in [-0.2, -0.15) is 13.2 Å². The number of anilines is 1. The van der Waals surface area contributed by atoms with Crippen LogP contribution in [0.2, 0.25) is 10.0 Å². The van der Waals surface area contributed by atoms with Crippen LogP contribution in [0, 0.1) is 5.92 Å². The van der Waals surface area contributed by atoms with Crippen LogP contribution in [0.4, 0.5) is 18.9 Å². The van der Waals surface area contributed by atoms with Crippen molar-refractivity contribution in [2.45, 2.75) is 37.5 Å². The summed E-state index contributed by atoms with van der Waals surface area (Å²) >= 11 is 12.4. The zero-order valence-electron chi connectivity index (χ0n) is 17.5. The molecule has 2 amide bonds. The Balaban J connectivity index is 1.47. The summed E-state index contributed by atoms with van der Waals surface area (Å²) in [4.78, 5) is 28.6. The van der Waals surface area contributed by atoms with E-state index in [0.29, 0.717) is 33.5 Å². The number of rotatable bonds is 5. The second-order valence-electron chi connectivity index (χ2n) is 8.32. The molecule has 11 heteroatoms. The smallest absolute Gasteiger partial charge is 0.380 e. The molecule has 1 fully saturated rings. The number of fused-ring (bicyclic) bond motifs is 1. The van der Waals surface area contributed by atoms with Crippen molar-refractivity contribution in [3.8, 4) is 0 Å². The Morgan fingerprint density at radius 3 is 2.58 bits per heavy atom. The molecule has 2 aromatic rings. The van der Waals surface area contributed by atoms with Gasteiger partial charge < -0.3 is 15.5 Å². The average molecular weight is 501 g/mol. The number of hydrogen-bond donors (Lipinski definition) is 2. The van der Waals surface area contributed by atoms with E-state index in [-0.39, 0.29) is 30.6 Å². The summed E-state index contributed by atoms with van der Waals surface area (Å²) < 4.78 is 41.6. The summed E-state index contributed by atoms with van der Waals surface area (Å²) in [6, 6.07) is 4.21. The highest BCUT2D eigenvalue weighted by Crippen LogP contribution is 2.38. The third-order valence-electron chi connectivity index (χ3n) is 6.02. The summed E-state index contributed by atoms with van der Waals surface area (Å²) in [6.07, 6.45) is -2.20. The summed E-state index contributed by atoms with van der Waals surface area (Å²) in [7, 11) is 1.09. The Kier molecular flexibility index (Phi) is 6.46. The SMILES string of the molecule is CN(C(=O)[C@@H]1CNC(=O)C1)C(c1ccc(NC2Cc3ccc(Cl)c(Cl)c3C2)cn1)C(F)(F)F. The standard InChI is InChI=1S/C22H21Cl2F3N4O2/c1-31(21(33)12-7-18(32)29-9-12)20(22(25,26)27)17-5-3-13(10-28-17)30-14-6-11-2-4-16(23)19(24)15(11)8-14/h2-5,10,12,14,20,30H,6-9H2,1H3,(H,29,32)/t12-,14?,20?/m0/s1. The van der Waals surface area contributed by atoms with Crippen LogP contribution in [0.25, 0.3) is 0 Å². The van der Waals surface area contributed by atoms with Gasteiger partial charge in [0.05, 0.1) is 33.5 Å². The zero-order chi connectivity index (χ0) is 23.9. The first-order valence-corrected chi connectivity index (χ1v) is 11.1. The van der Waals surface area contributed by atoms with Gasteiger partial charge in [0.15, 0.2) is 6.04 Å². The van der Waals surface area contributed by atoms with E-state index in [0.717, 1.165) is 18.2 Å².